The molecule has 0 spiro atoms. The molecule has 1 aliphatic heterocycles. The zero-order chi connectivity index (χ0) is 13.0. The van der Waals surface area contributed by atoms with Gasteiger partial charge in [0.2, 0.25) is 0 Å². The maximum Gasteiger partial charge on any atom is 0.327 e. The molecule has 1 aliphatic carbocycles. The monoisotopic (exact) mass is 272 g/mol. The van der Waals surface area contributed by atoms with E-state index in [1.165, 1.54) is 48.8 Å². The third-order valence-electron chi connectivity index (χ3n) is 3.69. The SMILES string of the molecule is O=C(O)[C@@H]1CSCN1C(=O)NCC1CCCCC1. The molecule has 1 saturated carbocycles. The Kier molecular flexibility index (Phi) is 4.74. The number of nitrogens with one attached hydrogen (secondary N) is 1. The van der Waals surface area contributed by atoms with E-state index in [4.69, 9.17) is 5.11 Å². The van der Waals surface area contributed by atoms with Gasteiger partial charge in [-0.15, -0.1) is 11.8 Å². The third kappa shape index (κ3) is 3.31. The molecule has 0 aromatic rings. The number of rotatable bonds is 3. The van der Waals surface area contributed by atoms with Gasteiger partial charge in [-0.1, -0.05) is 19.3 Å². The van der Waals surface area contributed by atoms with Crippen LogP contribution in [0.25, 0.3) is 0 Å². The minimum Gasteiger partial charge on any atom is -0.480 e. The summed E-state index contributed by atoms with van der Waals surface area (Å²) in [4.78, 5) is 24.4. The lowest BCUT2D eigenvalue weighted by Gasteiger charge is -2.25. The van der Waals surface area contributed by atoms with Crippen molar-refractivity contribution < 1.29 is 14.7 Å². The van der Waals surface area contributed by atoms with E-state index in [9.17, 15) is 9.59 Å². The first-order valence-corrected chi connectivity index (χ1v) is 7.69. The number of aliphatic carboxylic acids is 1. The minimum absolute atomic E-state index is 0.224. The van der Waals surface area contributed by atoms with E-state index in [2.05, 4.69) is 5.32 Å². The molecule has 1 saturated heterocycles. The normalized spacial score (nSPS) is 25.1. The number of amides is 2. The van der Waals surface area contributed by atoms with Crippen LogP contribution in [-0.4, -0.2) is 46.2 Å². The van der Waals surface area contributed by atoms with Crippen LogP contribution in [0.4, 0.5) is 4.79 Å². The van der Waals surface area contributed by atoms with E-state index >= 15 is 0 Å². The van der Waals surface area contributed by atoms with Gasteiger partial charge in [0.15, 0.2) is 0 Å². The van der Waals surface area contributed by atoms with Gasteiger partial charge in [0.25, 0.3) is 0 Å². The van der Waals surface area contributed by atoms with Crippen LogP contribution < -0.4 is 5.32 Å². The number of carbonyl (C=O) groups is 2. The number of hydrogen-bond acceptors (Lipinski definition) is 3. The summed E-state index contributed by atoms with van der Waals surface area (Å²) < 4.78 is 0. The number of nitrogens with zero attached hydrogens (tertiary/aromatic N) is 1. The summed E-state index contributed by atoms with van der Waals surface area (Å²) >= 11 is 1.49. The Morgan fingerprint density at radius 2 is 2.00 bits per heavy atom. The molecule has 2 fully saturated rings. The van der Waals surface area contributed by atoms with Crippen molar-refractivity contribution in [3.63, 3.8) is 0 Å². The van der Waals surface area contributed by atoms with Gasteiger partial charge in [-0.3, -0.25) is 0 Å². The smallest absolute Gasteiger partial charge is 0.327 e. The van der Waals surface area contributed by atoms with Crippen molar-refractivity contribution >= 4 is 23.8 Å². The molecule has 1 atom stereocenters. The third-order valence-corrected chi connectivity index (χ3v) is 4.71. The second-order valence-corrected chi connectivity index (χ2v) is 6.01. The summed E-state index contributed by atoms with van der Waals surface area (Å²) in [6.45, 7) is 0.687. The van der Waals surface area contributed by atoms with Crippen molar-refractivity contribution in [2.45, 2.75) is 38.1 Å². The number of urea groups is 1. The summed E-state index contributed by atoms with van der Waals surface area (Å²) in [5.41, 5.74) is 0. The fourth-order valence-corrected chi connectivity index (χ4v) is 3.72. The second-order valence-electron chi connectivity index (χ2n) is 5.01. The second kappa shape index (κ2) is 6.31. The Hall–Kier alpha value is -0.910. The summed E-state index contributed by atoms with van der Waals surface area (Å²) in [6, 6.07) is -0.890. The van der Waals surface area contributed by atoms with Crippen LogP contribution in [0, 0.1) is 5.92 Å². The molecule has 18 heavy (non-hydrogen) atoms. The summed E-state index contributed by atoms with van der Waals surface area (Å²) in [5.74, 6) is 0.633. The van der Waals surface area contributed by atoms with Gasteiger partial charge < -0.3 is 15.3 Å². The molecular weight excluding hydrogens is 252 g/mol. The molecule has 0 bridgehead atoms. The van der Waals surface area contributed by atoms with Crippen molar-refractivity contribution in [3.8, 4) is 0 Å². The number of carboxylic acids is 1. The van der Waals surface area contributed by atoms with Crippen molar-refractivity contribution in [1.29, 1.82) is 0 Å². The standard InChI is InChI=1S/C12H20N2O3S/c15-11(16)10-7-18-8-14(10)12(17)13-6-9-4-2-1-3-5-9/h9-10H,1-8H2,(H,13,17)(H,15,16)/t10-/m0/s1. The molecule has 0 unspecified atom stereocenters. The van der Waals surface area contributed by atoms with Gasteiger partial charge in [-0.25, -0.2) is 9.59 Å². The predicted octanol–water partition coefficient (Wildman–Crippen LogP) is 1.74. The molecule has 0 aromatic carbocycles. The highest BCUT2D eigenvalue weighted by atomic mass is 32.2. The Bertz CT molecular complexity index is 318. The molecular formula is C12H20N2O3S. The van der Waals surface area contributed by atoms with Crippen molar-refractivity contribution in [3.05, 3.63) is 0 Å². The van der Waals surface area contributed by atoms with E-state index in [1.54, 1.807) is 0 Å². The molecule has 2 N–H and O–H groups in total. The van der Waals surface area contributed by atoms with Crippen LogP contribution in [0.5, 0.6) is 0 Å². The lowest BCUT2D eigenvalue weighted by molar-refractivity contribution is -0.140. The highest BCUT2D eigenvalue weighted by molar-refractivity contribution is 7.99. The van der Waals surface area contributed by atoms with E-state index < -0.39 is 12.0 Å². The van der Waals surface area contributed by atoms with Crippen LogP contribution in [-0.2, 0) is 4.79 Å². The van der Waals surface area contributed by atoms with Gasteiger partial charge in [0.05, 0.1) is 5.88 Å². The first-order chi connectivity index (χ1) is 8.68. The van der Waals surface area contributed by atoms with Gasteiger partial charge in [0.1, 0.15) is 6.04 Å². The van der Waals surface area contributed by atoms with Crippen LogP contribution in [0.15, 0.2) is 0 Å². The van der Waals surface area contributed by atoms with Gasteiger partial charge in [0, 0.05) is 12.3 Å². The molecule has 6 heteroatoms. The summed E-state index contributed by atoms with van der Waals surface area (Å²) in [5, 5.41) is 11.9. The molecule has 5 nitrogen and oxygen atoms in total. The van der Waals surface area contributed by atoms with Crippen molar-refractivity contribution in [2.75, 3.05) is 18.2 Å². The van der Waals surface area contributed by atoms with Crippen molar-refractivity contribution in [2.24, 2.45) is 5.92 Å². The van der Waals surface area contributed by atoms with E-state index in [1.807, 2.05) is 0 Å². The van der Waals surface area contributed by atoms with Crippen LogP contribution in [0.3, 0.4) is 0 Å². The Labute approximate surface area is 111 Å². The highest BCUT2D eigenvalue weighted by Crippen LogP contribution is 2.24. The maximum atomic E-state index is 11.9. The van der Waals surface area contributed by atoms with Gasteiger partial charge in [-0.05, 0) is 18.8 Å². The van der Waals surface area contributed by atoms with Crippen molar-refractivity contribution in [1.82, 2.24) is 10.2 Å². The minimum atomic E-state index is -0.909. The zero-order valence-corrected chi connectivity index (χ0v) is 11.2. The van der Waals surface area contributed by atoms with Gasteiger partial charge >= 0.3 is 12.0 Å². The Balaban J connectivity index is 1.78. The van der Waals surface area contributed by atoms with Crippen LogP contribution in [0.1, 0.15) is 32.1 Å². The van der Waals surface area contributed by atoms with E-state index in [0.717, 1.165) is 0 Å². The molecule has 102 valence electrons. The Morgan fingerprint density at radius 3 is 2.67 bits per heavy atom. The number of carboxylic acid groups (broad SMARTS) is 1. The number of carbonyl (C=O) groups excluding carboxylic acids is 1. The van der Waals surface area contributed by atoms with E-state index in [-0.39, 0.29) is 6.03 Å². The van der Waals surface area contributed by atoms with Gasteiger partial charge in [-0.2, -0.15) is 0 Å². The number of hydrogen-bond donors (Lipinski definition) is 2. The number of thioether (sulfide) groups is 1. The van der Waals surface area contributed by atoms with Crippen LogP contribution >= 0.6 is 11.8 Å². The lowest BCUT2D eigenvalue weighted by atomic mass is 9.89. The molecule has 2 aliphatic rings. The molecule has 2 amide bonds. The van der Waals surface area contributed by atoms with Crippen LogP contribution in [0.2, 0.25) is 0 Å². The zero-order valence-electron chi connectivity index (χ0n) is 10.4. The Morgan fingerprint density at radius 1 is 1.28 bits per heavy atom. The van der Waals surface area contributed by atoms with E-state index in [0.29, 0.717) is 24.1 Å². The summed E-state index contributed by atoms with van der Waals surface area (Å²) in [6.07, 6.45) is 6.15. The first kappa shape index (κ1) is 13.5. The fraction of sp³-hybridized carbons (Fsp3) is 0.833. The molecule has 0 aromatic heterocycles. The molecule has 0 radical (unpaired) electrons. The largest absolute Gasteiger partial charge is 0.480 e. The fourth-order valence-electron chi connectivity index (χ4n) is 2.57. The maximum absolute atomic E-state index is 11.9. The summed E-state index contributed by atoms with van der Waals surface area (Å²) in [7, 11) is 0. The lowest BCUT2D eigenvalue weighted by Crippen LogP contribution is -2.47. The first-order valence-electron chi connectivity index (χ1n) is 6.53. The highest BCUT2D eigenvalue weighted by Gasteiger charge is 2.34. The average Bonchev–Trinajstić information content (AvgIpc) is 2.86. The molecule has 1 heterocycles. The topological polar surface area (TPSA) is 69.6 Å². The predicted molar refractivity (Wildman–Crippen MR) is 70.6 cm³/mol. The quantitative estimate of drug-likeness (QED) is 0.821. The molecule has 2 rings (SSSR count). The average molecular weight is 272 g/mol.